The average molecular weight is 345 g/mol. The summed E-state index contributed by atoms with van der Waals surface area (Å²) in [5.74, 6) is 0.414. The molecule has 6 nitrogen and oxygen atoms in total. The topological polar surface area (TPSA) is 61.9 Å². The molecule has 25 heavy (non-hydrogen) atoms. The molecule has 0 bridgehead atoms. The van der Waals surface area contributed by atoms with E-state index in [1.165, 1.54) is 12.8 Å². The minimum Gasteiger partial charge on any atom is -0.476 e. The van der Waals surface area contributed by atoms with E-state index in [2.05, 4.69) is 17.1 Å². The van der Waals surface area contributed by atoms with E-state index in [9.17, 15) is 9.59 Å². The van der Waals surface area contributed by atoms with Gasteiger partial charge in [-0.05, 0) is 45.0 Å². The minimum atomic E-state index is -0.895. The number of nitrogens with zero attached hydrogens (tertiary/aromatic N) is 2. The highest BCUT2D eigenvalue weighted by molar-refractivity contribution is 6.02. The van der Waals surface area contributed by atoms with Crippen molar-refractivity contribution in [1.29, 1.82) is 0 Å². The number of nitrogens with one attached hydrogen (secondary N) is 1. The lowest BCUT2D eigenvalue weighted by Crippen LogP contribution is -2.49. The molecule has 6 heteroatoms. The second kappa shape index (κ2) is 7.04. The van der Waals surface area contributed by atoms with Crippen molar-refractivity contribution in [2.75, 3.05) is 38.0 Å². The normalized spacial score (nSPS) is 19.8. The van der Waals surface area contributed by atoms with Gasteiger partial charge in [0.2, 0.25) is 0 Å². The summed E-state index contributed by atoms with van der Waals surface area (Å²) in [6.45, 7) is 10.1. The first-order chi connectivity index (χ1) is 11.9. The summed E-state index contributed by atoms with van der Waals surface area (Å²) >= 11 is 0. The quantitative estimate of drug-likeness (QED) is 0.910. The van der Waals surface area contributed by atoms with Crippen LogP contribution in [0.5, 0.6) is 5.75 Å². The maximum absolute atomic E-state index is 12.8. The number of carbonyl (C=O) groups is 2. The van der Waals surface area contributed by atoms with Gasteiger partial charge in [-0.2, -0.15) is 0 Å². The van der Waals surface area contributed by atoms with Crippen LogP contribution in [0.2, 0.25) is 0 Å². The van der Waals surface area contributed by atoms with E-state index in [0.29, 0.717) is 17.0 Å². The second-order valence-electron chi connectivity index (χ2n) is 7.26. The number of piperazine rings is 1. The molecule has 0 aliphatic carbocycles. The van der Waals surface area contributed by atoms with Crippen LogP contribution < -0.4 is 10.1 Å². The molecule has 1 N–H and O–H groups in total. The van der Waals surface area contributed by atoms with Gasteiger partial charge in [-0.25, -0.2) is 0 Å². The molecule has 1 aromatic carbocycles. The monoisotopic (exact) mass is 345 g/mol. The third-order valence-corrected chi connectivity index (χ3v) is 4.87. The van der Waals surface area contributed by atoms with Gasteiger partial charge in [0, 0.05) is 31.7 Å². The average Bonchev–Trinajstić information content (AvgIpc) is 2.60. The van der Waals surface area contributed by atoms with Gasteiger partial charge in [-0.1, -0.05) is 13.3 Å². The van der Waals surface area contributed by atoms with E-state index in [1.807, 2.05) is 4.90 Å². The molecule has 0 saturated carbocycles. The number of rotatable bonds is 4. The fourth-order valence-electron chi connectivity index (χ4n) is 3.18. The van der Waals surface area contributed by atoms with Crippen molar-refractivity contribution in [3.8, 4) is 5.75 Å². The van der Waals surface area contributed by atoms with Gasteiger partial charge in [0.1, 0.15) is 5.75 Å². The predicted octanol–water partition coefficient (Wildman–Crippen LogP) is 2.35. The summed E-state index contributed by atoms with van der Waals surface area (Å²) in [6, 6.07) is 5.26. The Labute approximate surface area is 149 Å². The highest BCUT2D eigenvalue weighted by Gasteiger charge is 2.35. The van der Waals surface area contributed by atoms with Crippen LogP contribution in [0.3, 0.4) is 0 Å². The molecule has 0 radical (unpaired) electrons. The number of amides is 2. The zero-order valence-corrected chi connectivity index (χ0v) is 15.3. The summed E-state index contributed by atoms with van der Waals surface area (Å²) < 4.78 is 5.72. The van der Waals surface area contributed by atoms with Crippen molar-refractivity contribution in [2.45, 2.75) is 39.2 Å². The highest BCUT2D eigenvalue weighted by atomic mass is 16.5. The van der Waals surface area contributed by atoms with Gasteiger partial charge in [-0.15, -0.1) is 0 Å². The van der Waals surface area contributed by atoms with Crippen LogP contribution in [-0.4, -0.2) is 59.9 Å². The second-order valence-corrected chi connectivity index (χ2v) is 7.26. The van der Waals surface area contributed by atoms with E-state index >= 15 is 0 Å². The lowest BCUT2D eigenvalue weighted by atomic mass is 10.0. The van der Waals surface area contributed by atoms with Crippen LogP contribution in [-0.2, 0) is 4.79 Å². The van der Waals surface area contributed by atoms with E-state index in [1.54, 1.807) is 32.0 Å². The van der Waals surface area contributed by atoms with Crippen LogP contribution in [0.1, 0.15) is 44.0 Å². The number of fused-ring (bicyclic) bond motifs is 1. The van der Waals surface area contributed by atoms with E-state index in [0.717, 1.165) is 32.7 Å². The molecule has 2 aliphatic rings. The summed E-state index contributed by atoms with van der Waals surface area (Å²) in [4.78, 5) is 29.1. The first-order valence-corrected chi connectivity index (χ1v) is 9.07. The fraction of sp³-hybridized carbons (Fsp3) is 0.579. The molecule has 136 valence electrons. The highest BCUT2D eigenvalue weighted by Crippen LogP contribution is 2.34. The third kappa shape index (κ3) is 3.79. The number of hydrogen-bond donors (Lipinski definition) is 1. The van der Waals surface area contributed by atoms with E-state index in [-0.39, 0.29) is 11.8 Å². The predicted molar refractivity (Wildman–Crippen MR) is 97.0 cm³/mol. The number of hydrogen-bond acceptors (Lipinski definition) is 4. The lowest BCUT2D eigenvalue weighted by molar-refractivity contribution is -0.129. The number of benzene rings is 1. The Morgan fingerprint density at radius 3 is 2.64 bits per heavy atom. The largest absolute Gasteiger partial charge is 0.476 e. The molecule has 1 fully saturated rings. The van der Waals surface area contributed by atoms with Crippen LogP contribution in [0.4, 0.5) is 5.69 Å². The number of unbranched alkanes of at least 4 members (excludes halogenated alkanes) is 1. The smallest absolute Gasteiger partial charge is 0.268 e. The zero-order chi connectivity index (χ0) is 18.0. The van der Waals surface area contributed by atoms with Crippen molar-refractivity contribution in [1.82, 2.24) is 9.80 Å². The number of anilines is 1. The summed E-state index contributed by atoms with van der Waals surface area (Å²) in [5.41, 5.74) is 0.258. The van der Waals surface area contributed by atoms with Crippen LogP contribution in [0.15, 0.2) is 18.2 Å². The van der Waals surface area contributed by atoms with Crippen molar-refractivity contribution in [3.63, 3.8) is 0 Å². The van der Waals surface area contributed by atoms with Gasteiger partial charge >= 0.3 is 0 Å². The van der Waals surface area contributed by atoms with Crippen molar-refractivity contribution < 1.29 is 14.3 Å². The molecule has 3 rings (SSSR count). The van der Waals surface area contributed by atoms with Crippen LogP contribution in [0.25, 0.3) is 0 Å². The number of carbonyl (C=O) groups excluding carboxylic acids is 2. The third-order valence-electron chi connectivity index (χ3n) is 4.87. The lowest BCUT2D eigenvalue weighted by Gasteiger charge is -2.35. The first-order valence-electron chi connectivity index (χ1n) is 9.07. The van der Waals surface area contributed by atoms with Crippen molar-refractivity contribution in [3.05, 3.63) is 23.8 Å². The molecule has 0 atom stereocenters. The SMILES string of the molecule is CCCCN1CCN(C(=O)c2ccc3c(c2)NC(=O)C(C)(C)O3)CC1. The Morgan fingerprint density at radius 2 is 1.96 bits per heavy atom. The molecular formula is C19H27N3O3. The Morgan fingerprint density at radius 1 is 1.24 bits per heavy atom. The molecular weight excluding hydrogens is 318 g/mol. The van der Waals surface area contributed by atoms with Gasteiger partial charge in [0.15, 0.2) is 5.60 Å². The summed E-state index contributed by atoms with van der Waals surface area (Å²) in [6.07, 6.45) is 2.40. The van der Waals surface area contributed by atoms with Crippen LogP contribution in [0, 0.1) is 0 Å². The Bertz CT molecular complexity index is 664. The molecule has 0 spiro atoms. The van der Waals surface area contributed by atoms with E-state index in [4.69, 9.17) is 4.74 Å². The molecule has 0 unspecified atom stereocenters. The van der Waals surface area contributed by atoms with Crippen LogP contribution >= 0.6 is 0 Å². The van der Waals surface area contributed by atoms with Crippen molar-refractivity contribution in [2.24, 2.45) is 0 Å². The van der Waals surface area contributed by atoms with E-state index < -0.39 is 5.60 Å². The first kappa shape index (κ1) is 17.7. The van der Waals surface area contributed by atoms with Gasteiger partial charge < -0.3 is 15.0 Å². The fourth-order valence-corrected chi connectivity index (χ4v) is 3.18. The maximum Gasteiger partial charge on any atom is 0.268 e. The van der Waals surface area contributed by atoms with Gasteiger partial charge in [0.05, 0.1) is 5.69 Å². The summed E-state index contributed by atoms with van der Waals surface area (Å²) in [5, 5.41) is 2.84. The molecule has 0 aromatic heterocycles. The maximum atomic E-state index is 12.8. The van der Waals surface area contributed by atoms with Gasteiger partial charge in [-0.3, -0.25) is 14.5 Å². The number of ether oxygens (including phenoxy) is 1. The molecule has 2 heterocycles. The summed E-state index contributed by atoms with van der Waals surface area (Å²) in [7, 11) is 0. The Balaban J connectivity index is 1.66. The standard InChI is InChI=1S/C19H27N3O3/c1-4-5-8-21-9-11-22(12-10-21)17(23)14-6-7-16-15(13-14)20-18(24)19(2,3)25-16/h6-7,13H,4-5,8-12H2,1-3H3,(H,20,24). The molecule has 2 amide bonds. The zero-order valence-electron chi connectivity index (χ0n) is 15.3. The Kier molecular flexibility index (Phi) is 4.99. The minimum absolute atomic E-state index is 0.0111. The van der Waals surface area contributed by atoms with Gasteiger partial charge in [0.25, 0.3) is 11.8 Å². The molecule has 1 saturated heterocycles. The van der Waals surface area contributed by atoms with Crippen molar-refractivity contribution >= 4 is 17.5 Å². The molecule has 2 aliphatic heterocycles. The Hall–Kier alpha value is -2.08. The molecule has 1 aromatic rings.